The highest BCUT2D eigenvalue weighted by Gasteiger charge is 2.28. The average molecular weight is 412 g/mol. The second-order valence-electron chi connectivity index (χ2n) is 8.25. The van der Waals surface area contributed by atoms with Crippen LogP contribution in [0.25, 0.3) is 0 Å². The first kappa shape index (κ1) is 21.8. The van der Waals surface area contributed by atoms with Gasteiger partial charge in [-0.3, -0.25) is 9.59 Å². The molecule has 3 aromatic rings. The third kappa shape index (κ3) is 5.61. The number of nitriles is 1. The number of nitrogens with zero attached hydrogens (tertiary/aromatic N) is 4. The van der Waals surface area contributed by atoms with Crippen molar-refractivity contribution in [1.82, 2.24) is 14.9 Å². The Morgan fingerprint density at radius 3 is 2.06 bits per heavy atom. The topological polar surface area (TPSA) is 87.0 Å². The van der Waals surface area contributed by atoms with Crippen molar-refractivity contribution in [3.63, 3.8) is 0 Å². The van der Waals surface area contributed by atoms with Crippen molar-refractivity contribution in [3.8, 4) is 6.07 Å². The van der Waals surface area contributed by atoms with Crippen LogP contribution >= 0.6 is 0 Å². The smallest absolute Gasteiger partial charge is 0.257 e. The average Bonchev–Trinajstić information content (AvgIpc) is 2.77. The van der Waals surface area contributed by atoms with Gasteiger partial charge in [0.1, 0.15) is 6.07 Å². The molecule has 0 saturated carbocycles. The van der Waals surface area contributed by atoms with Crippen LogP contribution in [0.2, 0.25) is 0 Å². The molecular weight excluding hydrogens is 388 g/mol. The van der Waals surface area contributed by atoms with Crippen LogP contribution in [-0.4, -0.2) is 32.1 Å². The molecule has 31 heavy (non-hydrogen) atoms. The first-order chi connectivity index (χ1) is 14.8. The summed E-state index contributed by atoms with van der Waals surface area (Å²) in [5, 5.41) is 8.85. The van der Waals surface area contributed by atoms with E-state index in [1.807, 2.05) is 69.3 Å². The minimum Gasteiger partial charge on any atom is -0.329 e. The molecule has 1 aromatic heterocycles. The van der Waals surface area contributed by atoms with Gasteiger partial charge in [-0.25, -0.2) is 9.97 Å². The van der Waals surface area contributed by atoms with Crippen LogP contribution in [0.15, 0.2) is 67.0 Å². The van der Waals surface area contributed by atoms with Crippen LogP contribution in [0.3, 0.4) is 0 Å². The lowest BCUT2D eigenvalue weighted by Gasteiger charge is -2.36. The molecule has 1 amide bonds. The van der Waals surface area contributed by atoms with Crippen LogP contribution in [0.4, 0.5) is 0 Å². The normalized spacial score (nSPS) is 10.9. The zero-order chi connectivity index (χ0) is 22.4. The molecule has 0 saturated heterocycles. The van der Waals surface area contributed by atoms with Gasteiger partial charge in [-0.15, -0.1) is 0 Å². The zero-order valence-electron chi connectivity index (χ0n) is 17.9. The minimum atomic E-state index is -0.452. The lowest BCUT2D eigenvalue weighted by atomic mass is 10.00. The lowest BCUT2D eigenvalue weighted by Crippen LogP contribution is -2.45. The number of carbonyl (C=O) groups is 2. The Bertz CT molecular complexity index is 1090. The molecule has 0 N–H and O–H groups in total. The van der Waals surface area contributed by atoms with E-state index in [4.69, 9.17) is 5.26 Å². The number of ketones is 1. The Kier molecular flexibility index (Phi) is 6.56. The van der Waals surface area contributed by atoms with E-state index in [0.29, 0.717) is 24.1 Å². The Hall–Kier alpha value is -3.85. The summed E-state index contributed by atoms with van der Waals surface area (Å²) in [6.07, 6.45) is 3.10. The number of Topliss-reactive ketones (excluding diaryl/α,β-unsaturated/α-hetero) is 1. The number of carbonyl (C=O) groups excluding carboxylic acids is 2. The summed E-state index contributed by atoms with van der Waals surface area (Å²) in [6.45, 7) is 6.23. The lowest BCUT2D eigenvalue weighted by molar-refractivity contribution is 0.0557. The molecule has 0 spiro atoms. The van der Waals surface area contributed by atoms with Crippen molar-refractivity contribution in [2.45, 2.75) is 39.3 Å². The number of aromatic nitrogens is 2. The van der Waals surface area contributed by atoms with Gasteiger partial charge in [-0.1, -0.05) is 54.6 Å². The van der Waals surface area contributed by atoms with Gasteiger partial charge in [0.15, 0.2) is 5.78 Å². The maximum atomic E-state index is 13.1. The Morgan fingerprint density at radius 1 is 0.903 bits per heavy atom. The molecule has 1 heterocycles. The van der Waals surface area contributed by atoms with Crippen molar-refractivity contribution < 1.29 is 9.59 Å². The molecule has 0 unspecified atom stereocenters. The Morgan fingerprint density at radius 2 is 1.52 bits per heavy atom. The molecule has 0 aliphatic rings. The van der Waals surface area contributed by atoms with Crippen molar-refractivity contribution >= 4 is 11.7 Å². The SMILES string of the molecule is CC(C)(C)N(Cc1ccc(C(=O)Cc2ccccc2)cc1)C(=O)c1cnc(C#N)nc1. The van der Waals surface area contributed by atoms with Crippen LogP contribution in [0.1, 0.15) is 58.4 Å². The first-order valence-electron chi connectivity index (χ1n) is 9.98. The van der Waals surface area contributed by atoms with E-state index in [-0.39, 0.29) is 17.5 Å². The van der Waals surface area contributed by atoms with Gasteiger partial charge in [0, 0.05) is 36.5 Å². The fourth-order valence-corrected chi connectivity index (χ4v) is 3.13. The highest BCUT2D eigenvalue weighted by atomic mass is 16.2. The summed E-state index contributed by atoms with van der Waals surface area (Å²) < 4.78 is 0. The molecule has 6 nitrogen and oxygen atoms in total. The van der Waals surface area contributed by atoms with E-state index in [1.165, 1.54) is 12.4 Å². The molecule has 0 aliphatic heterocycles. The van der Waals surface area contributed by atoms with E-state index < -0.39 is 5.54 Å². The third-order valence-corrected chi connectivity index (χ3v) is 4.88. The van der Waals surface area contributed by atoms with Crippen molar-refractivity contribution in [3.05, 3.63) is 95.1 Å². The van der Waals surface area contributed by atoms with E-state index in [2.05, 4.69) is 9.97 Å². The van der Waals surface area contributed by atoms with Crippen LogP contribution in [0.5, 0.6) is 0 Å². The number of rotatable bonds is 6. The zero-order valence-corrected chi connectivity index (χ0v) is 17.9. The molecule has 2 aromatic carbocycles. The highest BCUT2D eigenvalue weighted by molar-refractivity contribution is 5.97. The summed E-state index contributed by atoms with van der Waals surface area (Å²) >= 11 is 0. The first-order valence-corrected chi connectivity index (χ1v) is 9.98. The van der Waals surface area contributed by atoms with Crippen LogP contribution in [-0.2, 0) is 13.0 Å². The summed E-state index contributed by atoms with van der Waals surface area (Å²) in [5.74, 6) is -0.146. The highest BCUT2D eigenvalue weighted by Crippen LogP contribution is 2.21. The second-order valence-corrected chi connectivity index (χ2v) is 8.25. The summed E-state index contributed by atoms with van der Waals surface area (Å²) in [7, 11) is 0. The quantitative estimate of drug-likeness (QED) is 0.566. The fourth-order valence-electron chi connectivity index (χ4n) is 3.13. The predicted molar refractivity (Wildman–Crippen MR) is 117 cm³/mol. The standard InChI is InChI=1S/C25H24N4O2/c1-25(2,3)29(24(31)21-15-27-23(14-26)28-16-21)17-19-9-11-20(12-10-19)22(30)13-18-7-5-4-6-8-18/h4-12,15-16H,13,17H2,1-3H3. The molecule has 0 atom stereocenters. The predicted octanol–water partition coefficient (Wildman–Crippen LogP) is 4.21. The molecular formula is C25H24N4O2. The summed E-state index contributed by atoms with van der Waals surface area (Å²) in [6, 6.07) is 18.8. The largest absolute Gasteiger partial charge is 0.329 e. The summed E-state index contributed by atoms with van der Waals surface area (Å²) in [4.78, 5) is 35.2. The minimum absolute atomic E-state index is 0.0228. The fraction of sp³-hybridized carbons (Fsp3) is 0.240. The van der Waals surface area contributed by atoms with Gasteiger partial charge >= 0.3 is 0 Å². The van der Waals surface area contributed by atoms with Crippen LogP contribution < -0.4 is 0 Å². The number of benzene rings is 2. The molecule has 3 rings (SSSR count). The van der Waals surface area contributed by atoms with Crippen LogP contribution in [0, 0.1) is 11.3 Å². The van der Waals surface area contributed by atoms with Crippen molar-refractivity contribution in [2.24, 2.45) is 0 Å². The molecule has 0 fully saturated rings. The maximum Gasteiger partial charge on any atom is 0.257 e. The van der Waals surface area contributed by atoms with E-state index in [0.717, 1.165) is 11.1 Å². The number of hydrogen-bond acceptors (Lipinski definition) is 5. The molecule has 6 heteroatoms. The van der Waals surface area contributed by atoms with Gasteiger partial charge < -0.3 is 4.90 Å². The third-order valence-electron chi connectivity index (χ3n) is 4.88. The summed E-state index contributed by atoms with van der Waals surface area (Å²) in [5.41, 5.74) is 2.40. The van der Waals surface area contributed by atoms with Gasteiger partial charge in [-0.2, -0.15) is 5.26 Å². The van der Waals surface area contributed by atoms with Gasteiger partial charge in [0.25, 0.3) is 5.91 Å². The number of amides is 1. The number of hydrogen-bond donors (Lipinski definition) is 0. The monoisotopic (exact) mass is 412 g/mol. The second kappa shape index (κ2) is 9.31. The van der Waals surface area contributed by atoms with E-state index in [9.17, 15) is 9.59 Å². The maximum absolute atomic E-state index is 13.1. The molecule has 156 valence electrons. The van der Waals surface area contributed by atoms with E-state index in [1.54, 1.807) is 17.0 Å². The van der Waals surface area contributed by atoms with E-state index >= 15 is 0 Å². The van der Waals surface area contributed by atoms with Crippen molar-refractivity contribution in [2.75, 3.05) is 0 Å². The molecule has 0 radical (unpaired) electrons. The molecule has 0 aliphatic carbocycles. The Labute approximate surface area is 182 Å². The Balaban J connectivity index is 1.75. The molecule has 0 bridgehead atoms. The van der Waals surface area contributed by atoms with Gasteiger partial charge in [0.05, 0.1) is 5.56 Å². The van der Waals surface area contributed by atoms with Crippen molar-refractivity contribution in [1.29, 1.82) is 5.26 Å². The van der Waals surface area contributed by atoms with Gasteiger partial charge in [-0.05, 0) is 31.9 Å². The van der Waals surface area contributed by atoms with Gasteiger partial charge in [0.2, 0.25) is 5.82 Å².